The third-order valence-corrected chi connectivity index (χ3v) is 3.89. The summed E-state index contributed by atoms with van der Waals surface area (Å²) in [5.41, 5.74) is 0. The van der Waals surface area contributed by atoms with Gasteiger partial charge in [0, 0.05) is 25.2 Å². The highest BCUT2D eigenvalue weighted by Crippen LogP contribution is 2.19. The average Bonchev–Trinajstić information content (AvgIpc) is 2.69. The third kappa shape index (κ3) is 4.94. The Morgan fingerprint density at radius 2 is 2.06 bits per heavy atom. The molecule has 0 aromatic rings. The van der Waals surface area contributed by atoms with E-state index in [1.165, 1.54) is 12.8 Å². The fraction of sp³-hybridized carbons (Fsp3) is 1.00. The van der Waals surface area contributed by atoms with Crippen molar-refractivity contribution < 1.29 is 4.74 Å². The van der Waals surface area contributed by atoms with E-state index in [1.807, 2.05) is 0 Å². The van der Waals surface area contributed by atoms with Crippen LogP contribution in [0.25, 0.3) is 0 Å². The van der Waals surface area contributed by atoms with Gasteiger partial charge < -0.3 is 10.1 Å². The van der Waals surface area contributed by atoms with Crippen molar-refractivity contribution in [1.29, 1.82) is 0 Å². The van der Waals surface area contributed by atoms with E-state index in [1.54, 1.807) is 0 Å². The average molecular weight is 242 g/mol. The molecule has 3 atom stereocenters. The SMILES string of the molecule is CC(C)CCNCC(C)N(C)C1CCOC1C. The highest BCUT2D eigenvalue weighted by Gasteiger charge is 2.29. The molecule has 3 unspecified atom stereocenters. The molecular weight excluding hydrogens is 212 g/mol. The van der Waals surface area contributed by atoms with Crippen molar-refractivity contribution in [2.75, 3.05) is 26.7 Å². The number of ether oxygens (including phenoxy) is 1. The lowest BCUT2D eigenvalue weighted by Gasteiger charge is -2.32. The number of rotatable bonds is 7. The summed E-state index contributed by atoms with van der Waals surface area (Å²) in [5, 5.41) is 3.55. The van der Waals surface area contributed by atoms with Crippen LogP contribution in [0.2, 0.25) is 0 Å². The maximum absolute atomic E-state index is 5.63. The fourth-order valence-corrected chi connectivity index (χ4v) is 2.43. The van der Waals surface area contributed by atoms with Crippen LogP contribution in [0.5, 0.6) is 0 Å². The van der Waals surface area contributed by atoms with Crippen molar-refractivity contribution in [1.82, 2.24) is 10.2 Å². The zero-order valence-corrected chi connectivity index (χ0v) is 12.2. The van der Waals surface area contributed by atoms with Crippen molar-refractivity contribution in [3.8, 4) is 0 Å². The van der Waals surface area contributed by atoms with Gasteiger partial charge in [0.2, 0.25) is 0 Å². The lowest BCUT2D eigenvalue weighted by atomic mass is 10.1. The van der Waals surface area contributed by atoms with Crippen molar-refractivity contribution in [3.05, 3.63) is 0 Å². The Bertz CT molecular complexity index is 208. The van der Waals surface area contributed by atoms with Crippen LogP contribution in [-0.4, -0.2) is 49.8 Å². The summed E-state index contributed by atoms with van der Waals surface area (Å²) >= 11 is 0. The zero-order chi connectivity index (χ0) is 12.8. The molecule has 0 bridgehead atoms. The maximum Gasteiger partial charge on any atom is 0.0703 e. The molecule has 0 spiro atoms. The summed E-state index contributed by atoms with van der Waals surface area (Å²) in [4.78, 5) is 2.47. The van der Waals surface area contributed by atoms with Gasteiger partial charge in [-0.05, 0) is 46.2 Å². The molecule has 0 radical (unpaired) electrons. The topological polar surface area (TPSA) is 24.5 Å². The van der Waals surface area contributed by atoms with E-state index < -0.39 is 0 Å². The van der Waals surface area contributed by atoms with E-state index in [-0.39, 0.29) is 0 Å². The number of likely N-dealkylation sites (N-methyl/N-ethyl adjacent to an activating group) is 1. The normalized spacial score (nSPS) is 27.0. The number of nitrogens with zero attached hydrogens (tertiary/aromatic N) is 1. The maximum atomic E-state index is 5.63. The Balaban J connectivity index is 2.20. The molecule has 1 aliphatic rings. The van der Waals surface area contributed by atoms with Gasteiger partial charge in [-0.1, -0.05) is 13.8 Å². The van der Waals surface area contributed by atoms with Crippen molar-refractivity contribution in [2.45, 2.75) is 58.7 Å². The van der Waals surface area contributed by atoms with Gasteiger partial charge in [-0.2, -0.15) is 0 Å². The molecular formula is C14H30N2O. The Morgan fingerprint density at radius 1 is 1.35 bits per heavy atom. The highest BCUT2D eigenvalue weighted by atomic mass is 16.5. The van der Waals surface area contributed by atoms with Crippen LogP contribution in [-0.2, 0) is 4.74 Å². The van der Waals surface area contributed by atoms with Crippen LogP contribution in [0.4, 0.5) is 0 Å². The molecule has 0 aliphatic carbocycles. The Hall–Kier alpha value is -0.120. The second kappa shape index (κ2) is 7.34. The molecule has 0 saturated carbocycles. The van der Waals surface area contributed by atoms with Gasteiger partial charge >= 0.3 is 0 Å². The van der Waals surface area contributed by atoms with Crippen molar-refractivity contribution in [2.24, 2.45) is 5.92 Å². The molecule has 1 aliphatic heterocycles. The van der Waals surface area contributed by atoms with E-state index >= 15 is 0 Å². The molecule has 1 N–H and O–H groups in total. The van der Waals surface area contributed by atoms with E-state index in [2.05, 4.69) is 45.0 Å². The molecule has 1 heterocycles. The molecule has 3 heteroatoms. The second-order valence-electron chi connectivity index (χ2n) is 5.83. The van der Waals surface area contributed by atoms with Crippen molar-refractivity contribution >= 4 is 0 Å². The van der Waals surface area contributed by atoms with Crippen LogP contribution in [0.3, 0.4) is 0 Å². The lowest BCUT2D eigenvalue weighted by Crippen LogP contribution is -2.46. The van der Waals surface area contributed by atoms with Gasteiger partial charge in [0.15, 0.2) is 0 Å². The molecule has 0 aromatic carbocycles. The first-order chi connectivity index (χ1) is 8.02. The largest absolute Gasteiger partial charge is 0.377 e. The standard InChI is InChI=1S/C14H30N2O/c1-11(2)6-8-15-10-12(3)16(5)14-7-9-17-13(14)4/h11-15H,6-10H2,1-5H3. The van der Waals surface area contributed by atoms with E-state index in [0.717, 1.165) is 25.6 Å². The van der Waals surface area contributed by atoms with E-state index in [0.29, 0.717) is 18.2 Å². The van der Waals surface area contributed by atoms with Gasteiger partial charge in [0.1, 0.15) is 0 Å². The molecule has 1 rings (SSSR count). The minimum Gasteiger partial charge on any atom is -0.377 e. The van der Waals surface area contributed by atoms with Crippen LogP contribution in [0, 0.1) is 5.92 Å². The summed E-state index contributed by atoms with van der Waals surface area (Å²) < 4.78 is 5.63. The summed E-state index contributed by atoms with van der Waals surface area (Å²) in [6.07, 6.45) is 2.83. The molecule has 1 saturated heterocycles. The molecule has 1 fully saturated rings. The summed E-state index contributed by atoms with van der Waals surface area (Å²) in [7, 11) is 2.23. The summed E-state index contributed by atoms with van der Waals surface area (Å²) in [6, 6.07) is 1.17. The van der Waals surface area contributed by atoms with Gasteiger partial charge in [-0.25, -0.2) is 0 Å². The van der Waals surface area contributed by atoms with Crippen molar-refractivity contribution in [3.63, 3.8) is 0 Å². The number of hydrogen-bond donors (Lipinski definition) is 1. The predicted octanol–water partition coefficient (Wildman–Crippen LogP) is 2.12. The highest BCUT2D eigenvalue weighted by molar-refractivity contribution is 4.83. The second-order valence-corrected chi connectivity index (χ2v) is 5.83. The minimum absolute atomic E-state index is 0.387. The number of nitrogens with one attached hydrogen (secondary N) is 1. The van der Waals surface area contributed by atoms with Crippen LogP contribution < -0.4 is 5.32 Å². The Kier molecular flexibility index (Phi) is 6.45. The molecule has 102 valence electrons. The van der Waals surface area contributed by atoms with Crippen LogP contribution in [0.15, 0.2) is 0 Å². The van der Waals surface area contributed by atoms with Crippen LogP contribution >= 0.6 is 0 Å². The molecule has 3 nitrogen and oxygen atoms in total. The van der Waals surface area contributed by atoms with Gasteiger partial charge in [-0.15, -0.1) is 0 Å². The summed E-state index contributed by atoms with van der Waals surface area (Å²) in [6.45, 7) is 12.2. The number of hydrogen-bond acceptors (Lipinski definition) is 3. The Morgan fingerprint density at radius 3 is 2.59 bits per heavy atom. The van der Waals surface area contributed by atoms with Gasteiger partial charge in [-0.3, -0.25) is 4.90 Å². The Labute approximate surface area is 107 Å². The van der Waals surface area contributed by atoms with E-state index in [4.69, 9.17) is 4.74 Å². The van der Waals surface area contributed by atoms with Gasteiger partial charge in [0.05, 0.1) is 6.10 Å². The first-order valence-electron chi connectivity index (χ1n) is 7.06. The predicted molar refractivity (Wildman–Crippen MR) is 73.4 cm³/mol. The smallest absolute Gasteiger partial charge is 0.0703 e. The third-order valence-electron chi connectivity index (χ3n) is 3.89. The minimum atomic E-state index is 0.387. The van der Waals surface area contributed by atoms with Gasteiger partial charge in [0.25, 0.3) is 0 Å². The molecule has 0 aromatic heterocycles. The van der Waals surface area contributed by atoms with Crippen LogP contribution in [0.1, 0.15) is 40.5 Å². The monoisotopic (exact) mass is 242 g/mol. The first kappa shape index (κ1) is 14.9. The fourth-order valence-electron chi connectivity index (χ4n) is 2.43. The summed E-state index contributed by atoms with van der Waals surface area (Å²) in [5.74, 6) is 0.791. The lowest BCUT2D eigenvalue weighted by molar-refractivity contribution is 0.0704. The first-order valence-corrected chi connectivity index (χ1v) is 7.06. The molecule has 0 amide bonds. The quantitative estimate of drug-likeness (QED) is 0.692. The molecule has 17 heavy (non-hydrogen) atoms. The zero-order valence-electron chi connectivity index (χ0n) is 12.2. The van der Waals surface area contributed by atoms with E-state index in [9.17, 15) is 0 Å².